The third-order valence-corrected chi connectivity index (χ3v) is 3.46. The lowest BCUT2D eigenvalue weighted by Crippen LogP contribution is -2.29. The van der Waals surface area contributed by atoms with Gasteiger partial charge in [0.25, 0.3) is 0 Å². The van der Waals surface area contributed by atoms with E-state index in [1.54, 1.807) is 6.20 Å². The van der Waals surface area contributed by atoms with E-state index in [9.17, 15) is 5.11 Å². The summed E-state index contributed by atoms with van der Waals surface area (Å²) in [4.78, 5) is 4.11. The summed E-state index contributed by atoms with van der Waals surface area (Å²) in [6.07, 6.45) is 4.34. The minimum absolute atomic E-state index is 0.0868. The van der Waals surface area contributed by atoms with Gasteiger partial charge in [-0.05, 0) is 35.7 Å². The van der Waals surface area contributed by atoms with Gasteiger partial charge in [0.05, 0.1) is 6.61 Å². The van der Waals surface area contributed by atoms with Gasteiger partial charge < -0.3 is 5.11 Å². The Hall–Kier alpha value is -1.38. The normalized spacial score (nSPS) is 14.2. The van der Waals surface area contributed by atoms with Gasteiger partial charge in [-0.1, -0.05) is 36.7 Å². The first-order valence-corrected chi connectivity index (χ1v) is 6.28. The average molecular weight is 262 g/mol. The Balaban J connectivity index is 2.28. The van der Waals surface area contributed by atoms with Crippen molar-refractivity contribution in [1.82, 2.24) is 4.98 Å². The van der Waals surface area contributed by atoms with Crippen LogP contribution in [0.3, 0.4) is 0 Å². The van der Waals surface area contributed by atoms with Crippen LogP contribution in [0, 0.1) is 0 Å². The Kier molecular flexibility index (Phi) is 4.00. The van der Waals surface area contributed by atoms with Gasteiger partial charge in [-0.15, -0.1) is 0 Å². The first kappa shape index (κ1) is 13.1. The summed E-state index contributed by atoms with van der Waals surface area (Å²) >= 11 is 5.89. The number of hydrogen-bond acceptors (Lipinski definition) is 2. The zero-order valence-corrected chi connectivity index (χ0v) is 11.1. The Morgan fingerprint density at radius 2 is 1.94 bits per heavy atom. The van der Waals surface area contributed by atoms with Crippen LogP contribution in [0.2, 0.25) is 5.02 Å². The van der Waals surface area contributed by atoms with E-state index in [0.717, 1.165) is 17.5 Å². The SMILES string of the molecule is CC(CO)(Cc1cccnc1)c1ccc(Cl)cc1. The van der Waals surface area contributed by atoms with Crippen LogP contribution in [-0.4, -0.2) is 16.7 Å². The number of halogens is 1. The molecule has 2 aromatic rings. The third-order valence-electron chi connectivity index (χ3n) is 3.21. The van der Waals surface area contributed by atoms with Crippen molar-refractivity contribution in [3.8, 4) is 0 Å². The highest BCUT2D eigenvalue weighted by molar-refractivity contribution is 6.30. The lowest BCUT2D eigenvalue weighted by molar-refractivity contribution is 0.204. The van der Waals surface area contributed by atoms with E-state index in [0.29, 0.717) is 5.02 Å². The smallest absolute Gasteiger partial charge is 0.0528 e. The zero-order chi connectivity index (χ0) is 13.0. The van der Waals surface area contributed by atoms with Gasteiger partial charge in [-0.2, -0.15) is 0 Å². The van der Waals surface area contributed by atoms with Crippen LogP contribution in [0.25, 0.3) is 0 Å². The number of rotatable bonds is 4. The molecule has 94 valence electrons. The van der Waals surface area contributed by atoms with E-state index in [1.165, 1.54) is 0 Å². The van der Waals surface area contributed by atoms with Gasteiger partial charge in [0.2, 0.25) is 0 Å². The van der Waals surface area contributed by atoms with Crippen molar-refractivity contribution in [2.75, 3.05) is 6.61 Å². The Morgan fingerprint density at radius 1 is 1.22 bits per heavy atom. The number of pyridine rings is 1. The van der Waals surface area contributed by atoms with Crippen LogP contribution in [-0.2, 0) is 11.8 Å². The van der Waals surface area contributed by atoms with E-state index in [1.807, 2.05) is 49.5 Å². The average Bonchev–Trinajstić information content (AvgIpc) is 2.40. The molecule has 0 bridgehead atoms. The molecule has 3 heteroatoms. The van der Waals surface area contributed by atoms with Crippen molar-refractivity contribution in [2.24, 2.45) is 0 Å². The van der Waals surface area contributed by atoms with Crippen molar-refractivity contribution in [2.45, 2.75) is 18.8 Å². The monoisotopic (exact) mass is 261 g/mol. The molecule has 1 atom stereocenters. The molecule has 0 spiro atoms. The summed E-state index contributed by atoms with van der Waals surface area (Å²) in [6, 6.07) is 11.6. The van der Waals surface area contributed by atoms with Gasteiger partial charge in [0.15, 0.2) is 0 Å². The van der Waals surface area contributed by atoms with Crippen LogP contribution in [0.15, 0.2) is 48.8 Å². The molecule has 0 fully saturated rings. The van der Waals surface area contributed by atoms with Gasteiger partial charge >= 0.3 is 0 Å². The van der Waals surface area contributed by atoms with Crippen molar-refractivity contribution >= 4 is 11.6 Å². The zero-order valence-electron chi connectivity index (χ0n) is 10.3. The molecule has 1 N–H and O–H groups in total. The number of hydrogen-bond donors (Lipinski definition) is 1. The highest BCUT2D eigenvalue weighted by Gasteiger charge is 2.26. The van der Waals surface area contributed by atoms with Crippen LogP contribution in [0.1, 0.15) is 18.1 Å². The molecule has 1 unspecified atom stereocenters. The molecule has 0 radical (unpaired) electrons. The first-order chi connectivity index (χ1) is 8.64. The van der Waals surface area contributed by atoms with E-state index in [-0.39, 0.29) is 12.0 Å². The summed E-state index contributed by atoms with van der Waals surface area (Å²) in [6.45, 7) is 2.13. The largest absolute Gasteiger partial charge is 0.395 e. The van der Waals surface area contributed by atoms with E-state index in [4.69, 9.17) is 11.6 Å². The van der Waals surface area contributed by atoms with Gasteiger partial charge in [-0.3, -0.25) is 4.98 Å². The maximum atomic E-state index is 9.72. The van der Waals surface area contributed by atoms with Crippen molar-refractivity contribution < 1.29 is 5.11 Å². The highest BCUT2D eigenvalue weighted by Crippen LogP contribution is 2.28. The van der Waals surface area contributed by atoms with Crippen LogP contribution in [0.5, 0.6) is 0 Å². The van der Waals surface area contributed by atoms with Crippen LogP contribution >= 0.6 is 11.6 Å². The summed E-state index contributed by atoms with van der Waals surface area (Å²) in [5.41, 5.74) is 1.88. The molecule has 0 saturated heterocycles. The van der Waals surface area contributed by atoms with E-state index < -0.39 is 0 Å². The number of aliphatic hydroxyl groups is 1. The van der Waals surface area contributed by atoms with E-state index >= 15 is 0 Å². The molecule has 2 nitrogen and oxygen atoms in total. The fourth-order valence-corrected chi connectivity index (χ4v) is 2.18. The fourth-order valence-electron chi connectivity index (χ4n) is 2.05. The maximum Gasteiger partial charge on any atom is 0.0528 e. The molecule has 18 heavy (non-hydrogen) atoms. The Labute approximate surface area is 112 Å². The molecule has 0 saturated carbocycles. The summed E-state index contributed by atoms with van der Waals surface area (Å²) in [5, 5.41) is 10.4. The lowest BCUT2D eigenvalue weighted by Gasteiger charge is -2.28. The van der Waals surface area contributed by atoms with E-state index in [2.05, 4.69) is 4.98 Å². The summed E-state index contributed by atoms with van der Waals surface area (Å²) in [7, 11) is 0. The second kappa shape index (κ2) is 5.51. The molecule has 0 amide bonds. The number of benzene rings is 1. The molecule has 1 heterocycles. The van der Waals surface area contributed by atoms with Crippen LogP contribution < -0.4 is 0 Å². The predicted molar refractivity (Wildman–Crippen MR) is 73.8 cm³/mol. The molecular formula is C15H16ClNO. The fraction of sp³-hybridized carbons (Fsp3) is 0.267. The number of aliphatic hydroxyl groups excluding tert-OH is 1. The first-order valence-electron chi connectivity index (χ1n) is 5.90. The molecule has 0 aliphatic heterocycles. The van der Waals surface area contributed by atoms with Crippen molar-refractivity contribution in [3.63, 3.8) is 0 Å². The summed E-state index contributed by atoms with van der Waals surface area (Å²) < 4.78 is 0. The Morgan fingerprint density at radius 3 is 2.50 bits per heavy atom. The minimum Gasteiger partial charge on any atom is -0.395 e. The van der Waals surface area contributed by atoms with Crippen molar-refractivity contribution in [3.05, 3.63) is 64.9 Å². The quantitative estimate of drug-likeness (QED) is 0.917. The second-order valence-corrected chi connectivity index (χ2v) is 5.20. The second-order valence-electron chi connectivity index (χ2n) is 4.76. The minimum atomic E-state index is -0.312. The number of nitrogens with zero attached hydrogens (tertiary/aromatic N) is 1. The molecule has 1 aromatic heterocycles. The number of aromatic nitrogens is 1. The Bertz CT molecular complexity index is 498. The van der Waals surface area contributed by atoms with Gasteiger partial charge in [0.1, 0.15) is 0 Å². The molecule has 1 aromatic carbocycles. The van der Waals surface area contributed by atoms with Gasteiger partial charge in [-0.25, -0.2) is 0 Å². The third kappa shape index (κ3) is 2.89. The maximum absolute atomic E-state index is 9.72. The molecule has 2 rings (SSSR count). The summed E-state index contributed by atoms with van der Waals surface area (Å²) in [5.74, 6) is 0. The lowest BCUT2D eigenvalue weighted by atomic mass is 9.78. The van der Waals surface area contributed by atoms with Gasteiger partial charge in [0, 0.05) is 22.8 Å². The predicted octanol–water partition coefficient (Wildman–Crippen LogP) is 3.23. The molecule has 0 aliphatic rings. The molecular weight excluding hydrogens is 246 g/mol. The topological polar surface area (TPSA) is 33.1 Å². The van der Waals surface area contributed by atoms with Crippen molar-refractivity contribution in [1.29, 1.82) is 0 Å². The molecule has 0 aliphatic carbocycles. The highest BCUT2D eigenvalue weighted by atomic mass is 35.5. The van der Waals surface area contributed by atoms with Crippen LogP contribution in [0.4, 0.5) is 0 Å². The standard InChI is InChI=1S/C15H16ClNO/c1-15(11-18,9-12-3-2-8-17-10-12)13-4-6-14(16)7-5-13/h2-8,10,18H,9,11H2,1H3.